The van der Waals surface area contributed by atoms with Gasteiger partial charge < -0.3 is 10.0 Å². The molecule has 72 valence electrons. The fourth-order valence-corrected chi connectivity index (χ4v) is 2.44. The molecule has 2 aromatic rings. The Hall–Kier alpha value is -0.905. The molecule has 0 saturated heterocycles. The molecule has 5 heteroatoms. The first-order valence-corrected chi connectivity index (χ1v) is 5.01. The second-order valence-corrected chi connectivity index (χ2v) is 4.04. The van der Waals surface area contributed by atoms with Crippen LogP contribution >= 0.6 is 11.3 Å². The third-order valence-corrected chi connectivity index (χ3v) is 3.22. The molecule has 1 heterocycles. The van der Waals surface area contributed by atoms with Crippen molar-refractivity contribution >= 4 is 34.0 Å². The first-order valence-electron chi connectivity index (χ1n) is 4.13. The van der Waals surface area contributed by atoms with Crippen LogP contribution in [0, 0.1) is 12.7 Å². The van der Waals surface area contributed by atoms with Crippen LogP contribution in [0.15, 0.2) is 17.5 Å². The van der Waals surface area contributed by atoms with Crippen molar-refractivity contribution in [3.8, 4) is 0 Å². The van der Waals surface area contributed by atoms with Gasteiger partial charge in [-0.1, -0.05) is 0 Å². The minimum absolute atomic E-state index is 0.0353. The Morgan fingerprint density at radius 2 is 2.14 bits per heavy atom. The van der Waals surface area contributed by atoms with E-state index in [1.54, 1.807) is 13.0 Å². The summed E-state index contributed by atoms with van der Waals surface area (Å²) in [6, 6.07) is 3.03. The smallest absolute Gasteiger partial charge is 0.423 e. The summed E-state index contributed by atoms with van der Waals surface area (Å²) in [7, 11) is -1.76. The number of rotatable bonds is 1. The van der Waals surface area contributed by atoms with Gasteiger partial charge in [0.05, 0.1) is 0 Å². The molecule has 1 aromatic carbocycles. The van der Waals surface area contributed by atoms with Crippen LogP contribution in [0.1, 0.15) is 5.56 Å². The van der Waals surface area contributed by atoms with Crippen molar-refractivity contribution in [2.45, 2.75) is 6.92 Å². The zero-order chi connectivity index (χ0) is 10.3. The zero-order valence-electron chi connectivity index (χ0n) is 7.49. The lowest BCUT2D eigenvalue weighted by atomic mass is 9.77. The third kappa shape index (κ3) is 1.34. The molecule has 0 amide bonds. The van der Waals surface area contributed by atoms with Gasteiger partial charge in [-0.15, -0.1) is 11.3 Å². The molecule has 0 aliphatic rings. The Morgan fingerprint density at radius 1 is 1.43 bits per heavy atom. The number of aryl methyl sites for hydroxylation is 1. The summed E-state index contributed by atoms with van der Waals surface area (Å²) in [5.41, 5.74) is 0.781. The normalized spacial score (nSPS) is 10.9. The number of hydrogen-bond donors (Lipinski definition) is 2. The average Bonchev–Trinajstić information content (AvgIpc) is 2.51. The lowest BCUT2D eigenvalue weighted by Gasteiger charge is -2.05. The van der Waals surface area contributed by atoms with Crippen LogP contribution in [0.5, 0.6) is 0 Å². The fourth-order valence-electron chi connectivity index (χ4n) is 1.55. The highest BCUT2D eigenvalue weighted by atomic mass is 32.1. The maximum atomic E-state index is 13.4. The fraction of sp³-hybridized carbons (Fsp3) is 0.111. The Kier molecular flexibility index (Phi) is 2.30. The maximum Gasteiger partial charge on any atom is 0.492 e. The van der Waals surface area contributed by atoms with E-state index in [1.165, 1.54) is 17.4 Å². The van der Waals surface area contributed by atoms with Crippen molar-refractivity contribution in [3.63, 3.8) is 0 Å². The summed E-state index contributed by atoms with van der Waals surface area (Å²) in [6.45, 7) is 1.80. The summed E-state index contributed by atoms with van der Waals surface area (Å²) in [4.78, 5) is 0. The van der Waals surface area contributed by atoms with E-state index < -0.39 is 12.9 Å². The van der Waals surface area contributed by atoms with E-state index in [-0.39, 0.29) is 5.46 Å². The molecule has 0 radical (unpaired) electrons. The summed E-state index contributed by atoms with van der Waals surface area (Å²) in [5, 5.41) is 20.5. The molecule has 0 unspecified atom stereocenters. The highest BCUT2D eigenvalue weighted by Crippen LogP contribution is 2.24. The molecule has 0 atom stereocenters. The van der Waals surface area contributed by atoms with Crippen LogP contribution in [0.25, 0.3) is 10.1 Å². The molecule has 2 nitrogen and oxygen atoms in total. The third-order valence-electron chi connectivity index (χ3n) is 2.17. The monoisotopic (exact) mass is 210 g/mol. The lowest BCUT2D eigenvalue weighted by molar-refractivity contribution is 0.423. The summed E-state index contributed by atoms with van der Waals surface area (Å²) < 4.78 is 14.3. The molecule has 2 rings (SSSR count). The van der Waals surface area contributed by atoms with Crippen molar-refractivity contribution in [2.75, 3.05) is 0 Å². The van der Waals surface area contributed by atoms with E-state index in [4.69, 9.17) is 10.0 Å². The first-order chi connectivity index (χ1) is 6.61. The van der Waals surface area contributed by atoms with Gasteiger partial charge in [0.25, 0.3) is 0 Å². The van der Waals surface area contributed by atoms with Gasteiger partial charge >= 0.3 is 7.12 Å². The van der Waals surface area contributed by atoms with E-state index in [0.717, 1.165) is 10.3 Å². The molecule has 1 aromatic heterocycles. The number of thiophene rings is 1. The van der Waals surface area contributed by atoms with Crippen LogP contribution in [0.2, 0.25) is 0 Å². The van der Waals surface area contributed by atoms with Gasteiger partial charge in [-0.2, -0.15) is 0 Å². The van der Waals surface area contributed by atoms with E-state index in [1.807, 2.05) is 5.38 Å². The van der Waals surface area contributed by atoms with Gasteiger partial charge in [0, 0.05) is 10.2 Å². The highest BCUT2D eigenvalue weighted by molar-refractivity contribution is 7.17. The van der Waals surface area contributed by atoms with Gasteiger partial charge in [-0.3, -0.25) is 0 Å². The van der Waals surface area contributed by atoms with E-state index >= 15 is 0 Å². The van der Waals surface area contributed by atoms with Crippen molar-refractivity contribution in [3.05, 3.63) is 28.9 Å². The van der Waals surface area contributed by atoms with E-state index in [9.17, 15) is 4.39 Å². The SMILES string of the molecule is Cc1cc(F)c(B(O)O)c2ccsc12. The Bertz CT molecular complexity index is 481. The number of hydrogen-bond acceptors (Lipinski definition) is 3. The van der Waals surface area contributed by atoms with Crippen molar-refractivity contribution in [1.29, 1.82) is 0 Å². The zero-order valence-corrected chi connectivity index (χ0v) is 8.31. The topological polar surface area (TPSA) is 40.5 Å². The lowest BCUT2D eigenvalue weighted by Crippen LogP contribution is -2.33. The minimum atomic E-state index is -1.76. The molecule has 2 N–H and O–H groups in total. The highest BCUT2D eigenvalue weighted by Gasteiger charge is 2.21. The predicted octanol–water partition coefficient (Wildman–Crippen LogP) is 1.03. The Labute approximate surface area is 84.8 Å². The Morgan fingerprint density at radius 3 is 2.79 bits per heavy atom. The maximum absolute atomic E-state index is 13.4. The first kappa shape index (κ1) is 9.64. The minimum Gasteiger partial charge on any atom is -0.423 e. The second-order valence-electron chi connectivity index (χ2n) is 3.13. The molecule has 0 saturated carbocycles. The molecule has 0 aliphatic carbocycles. The molecule has 0 aliphatic heterocycles. The molecular weight excluding hydrogens is 202 g/mol. The standard InChI is InChI=1S/C9H8BFO2S/c1-5-4-7(11)8(10(12)13)6-2-3-14-9(5)6/h2-4,12-13H,1H3. The second kappa shape index (κ2) is 3.35. The van der Waals surface area contributed by atoms with Crippen LogP contribution in [-0.4, -0.2) is 17.2 Å². The molecule has 0 spiro atoms. The van der Waals surface area contributed by atoms with Gasteiger partial charge in [-0.25, -0.2) is 4.39 Å². The summed E-state index contributed by atoms with van der Waals surface area (Å²) in [5.74, 6) is -0.566. The largest absolute Gasteiger partial charge is 0.492 e. The van der Waals surface area contributed by atoms with Gasteiger partial charge in [-0.05, 0) is 35.4 Å². The number of fused-ring (bicyclic) bond motifs is 1. The van der Waals surface area contributed by atoms with E-state index in [2.05, 4.69) is 0 Å². The van der Waals surface area contributed by atoms with Gasteiger partial charge in [0.2, 0.25) is 0 Å². The van der Waals surface area contributed by atoms with Crippen molar-refractivity contribution in [2.24, 2.45) is 0 Å². The van der Waals surface area contributed by atoms with Crippen LogP contribution < -0.4 is 5.46 Å². The predicted molar refractivity (Wildman–Crippen MR) is 56.3 cm³/mol. The quantitative estimate of drug-likeness (QED) is 0.690. The molecular formula is C9H8BFO2S. The van der Waals surface area contributed by atoms with Crippen LogP contribution in [0.3, 0.4) is 0 Å². The van der Waals surface area contributed by atoms with Gasteiger partial charge in [0.15, 0.2) is 0 Å². The number of halogens is 1. The van der Waals surface area contributed by atoms with Crippen molar-refractivity contribution in [1.82, 2.24) is 0 Å². The summed E-state index contributed by atoms with van der Waals surface area (Å²) in [6.07, 6.45) is 0. The Balaban J connectivity index is 2.86. The molecule has 0 fully saturated rings. The van der Waals surface area contributed by atoms with E-state index in [0.29, 0.717) is 5.39 Å². The average molecular weight is 210 g/mol. The molecule has 14 heavy (non-hydrogen) atoms. The number of benzene rings is 1. The summed E-state index contributed by atoms with van der Waals surface area (Å²) >= 11 is 1.47. The van der Waals surface area contributed by atoms with Gasteiger partial charge in [0.1, 0.15) is 5.82 Å². The van der Waals surface area contributed by atoms with Crippen molar-refractivity contribution < 1.29 is 14.4 Å². The van der Waals surface area contributed by atoms with Crippen LogP contribution in [-0.2, 0) is 0 Å². The van der Waals surface area contributed by atoms with Crippen LogP contribution in [0.4, 0.5) is 4.39 Å². The molecule has 0 bridgehead atoms.